The zero-order chi connectivity index (χ0) is 20.0. The number of ether oxygens (including phenoxy) is 1. The lowest BCUT2D eigenvalue weighted by Crippen LogP contribution is -2.22. The maximum absolute atomic E-state index is 12.1. The highest BCUT2D eigenvalue weighted by molar-refractivity contribution is 8.03. The van der Waals surface area contributed by atoms with E-state index < -0.39 is 11.9 Å². The van der Waals surface area contributed by atoms with Gasteiger partial charge in [0.25, 0.3) is 5.91 Å². The van der Waals surface area contributed by atoms with Crippen molar-refractivity contribution in [3.05, 3.63) is 40.3 Å². The molecule has 0 radical (unpaired) electrons. The van der Waals surface area contributed by atoms with E-state index in [2.05, 4.69) is 10.5 Å². The number of hydrogen-bond acceptors (Lipinski definition) is 7. The summed E-state index contributed by atoms with van der Waals surface area (Å²) >= 11 is 1.06. The first kappa shape index (κ1) is 20.5. The fourth-order valence-electron chi connectivity index (χ4n) is 2.71. The van der Waals surface area contributed by atoms with Crippen molar-refractivity contribution in [2.75, 3.05) is 11.9 Å². The molecule has 0 saturated heterocycles. The van der Waals surface area contributed by atoms with Crippen molar-refractivity contribution >= 4 is 29.3 Å². The number of nitrogens with one attached hydrogen (secondary N) is 1. The molecule has 2 rings (SSSR count). The molecule has 7 nitrogen and oxygen atoms in total. The number of nitrogens with zero attached hydrogens (tertiary/aromatic N) is 2. The number of thioether (sulfide) groups is 1. The number of anilines is 1. The van der Waals surface area contributed by atoms with Crippen molar-refractivity contribution in [2.45, 2.75) is 45.4 Å². The van der Waals surface area contributed by atoms with Crippen LogP contribution in [0.2, 0.25) is 0 Å². The molecule has 1 aromatic carbocycles. The Morgan fingerprint density at radius 3 is 2.48 bits per heavy atom. The fourth-order valence-corrected chi connectivity index (χ4v) is 3.29. The van der Waals surface area contributed by atoms with Crippen molar-refractivity contribution in [3.63, 3.8) is 0 Å². The topological polar surface area (TPSA) is 105 Å². The molecular formula is C19H21N3O4S. The quantitative estimate of drug-likeness (QED) is 0.439. The first-order valence-electron chi connectivity index (χ1n) is 8.36. The second-order valence-electron chi connectivity index (χ2n) is 6.14. The van der Waals surface area contributed by atoms with Crippen molar-refractivity contribution < 1.29 is 18.8 Å². The summed E-state index contributed by atoms with van der Waals surface area (Å²) in [5.74, 6) is -0.186. The predicted molar refractivity (Wildman–Crippen MR) is 101 cm³/mol. The number of aryl methyl sites for hydroxylation is 4. The second-order valence-corrected chi connectivity index (χ2v) is 7.00. The van der Waals surface area contributed by atoms with Gasteiger partial charge in [-0.05, 0) is 69.1 Å². The molecule has 1 heterocycles. The Kier molecular flexibility index (Phi) is 7.02. The van der Waals surface area contributed by atoms with Crippen molar-refractivity contribution in [1.29, 1.82) is 5.26 Å². The van der Waals surface area contributed by atoms with Crippen LogP contribution < -0.4 is 5.32 Å². The number of esters is 1. The maximum Gasteiger partial charge on any atom is 0.306 e. The molecule has 1 amide bonds. The highest BCUT2D eigenvalue weighted by Crippen LogP contribution is 2.27. The Labute approximate surface area is 162 Å². The van der Waals surface area contributed by atoms with Crippen LogP contribution in [0.25, 0.3) is 0 Å². The van der Waals surface area contributed by atoms with E-state index >= 15 is 0 Å². The predicted octanol–water partition coefficient (Wildman–Crippen LogP) is 3.60. The SMILES string of the molecule is Cc1cc(SC#N)cc(C)c1NC(=O)COC(=O)CCc1c(C)noc1C. The van der Waals surface area contributed by atoms with E-state index in [1.807, 2.05) is 38.3 Å². The molecule has 27 heavy (non-hydrogen) atoms. The minimum atomic E-state index is -0.459. The van der Waals surface area contributed by atoms with Crippen LogP contribution in [-0.4, -0.2) is 23.6 Å². The molecule has 0 aliphatic heterocycles. The smallest absolute Gasteiger partial charge is 0.306 e. The summed E-state index contributed by atoms with van der Waals surface area (Å²) in [7, 11) is 0. The lowest BCUT2D eigenvalue weighted by atomic mass is 10.1. The van der Waals surface area contributed by atoms with Gasteiger partial charge in [-0.25, -0.2) is 0 Å². The van der Waals surface area contributed by atoms with Crippen LogP contribution in [0.5, 0.6) is 0 Å². The van der Waals surface area contributed by atoms with Gasteiger partial charge in [-0.1, -0.05) is 5.16 Å². The molecule has 0 saturated carbocycles. The zero-order valence-corrected chi connectivity index (χ0v) is 16.5. The molecule has 0 unspecified atom stereocenters. The van der Waals surface area contributed by atoms with Gasteiger partial charge in [0.1, 0.15) is 11.2 Å². The third-order valence-corrected chi connectivity index (χ3v) is 4.62. The van der Waals surface area contributed by atoms with Gasteiger partial charge in [0.15, 0.2) is 6.61 Å². The summed E-state index contributed by atoms with van der Waals surface area (Å²) in [6.45, 7) is 6.95. The number of amides is 1. The number of carbonyl (C=O) groups excluding carboxylic acids is 2. The van der Waals surface area contributed by atoms with Crippen LogP contribution in [0.4, 0.5) is 5.69 Å². The minimum Gasteiger partial charge on any atom is -0.456 e. The molecule has 0 aliphatic carbocycles. The van der Waals surface area contributed by atoms with Crippen LogP contribution >= 0.6 is 11.8 Å². The number of hydrogen-bond donors (Lipinski definition) is 1. The van der Waals surface area contributed by atoms with Gasteiger partial charge < -0.3 is 14.6 Å². The zero-order valence-electron chi connectivity index (χ0n) is 15.7. The van der Waals surface area contributed by atoms with Crippen molar-refractivity contribution in [2.24, 2.45) is 0 Å². The first-order chi connectivity index (χ1) is 12.8. The normalized spacial score (nSPS) is 10.3. The van der Waals surface area contributed by atoms with Gasteiger partial charge in [-0.3, -0.25) is 9.59 Å². The number of rotatable bonds is 7. The van der Waals surface area contributed by atoms with Gasteiger partial charge in [0.05, 0.1) is 5.69 Å². The van der Waals surface area contributed by atoms with E-state index in [1.165, 1.54) is 0 Å². The Hall–Kier alpha value is -2.79. The molecule has 142 valence electrons. The molecule has 2 aromatic rings. The molecule has 0 aliphatic rings. The molecule has 0 bridgehead atoms. The monoisotopic (exact) mass is 387 g/mol. The Bertz CT molecular complexity index is 856. The fraction of sp³-hybridized carbons (Fsp3) is 0.368. The van der Waals surface area contributed by atoms with E-state index in [0.717, 1.165) is 39.0 Å². The number of nitriles is 1. The summed E-state index contributed by atoms with van der Waals surface area (Å²) in [6.07, 6.45) is 0.603. The van der Waals surface area contributed by atoms with E-state index in [4.69, 9.17) is 14.5 Å². The Morgan fingerprint density at radius 2 is 1.93 bits per heavy atom. The van der Waals surface area contributed by atoms with Gasteiger partial charge in [0.2, 0.25) is 0 Å². The Balaban J connectivity index is 1.86. The minimum absolute atomic E-state index is 0.147. The van der Waals surface area contributed by atoms with Gasteiger partial charge in [0, 0.05) is 22.6 Å². The molecule has 1 aromatic heterocycles. The lowest BCUT2D eigenvalue weighted by Gasteiger charge is -2.13. The van der Waals surface area contributed by atoms with Crippen LogP contribution in [0.3, 0.4) is 0 Å². The van der Waals surface area contributed by atoms with E-state index in [1.54, 1.807) is 6.92 Å². The van der Waals surface area contributed by atoms with Gasteiger partial charge in [-0.2, -0.15) is 5.26 Å². The standard InChI is InChI=1S/C19H21N3O4S/c1-11-7-15(27-10-20)8-12(2)19(11)21-17(23)9-25-18(24)6-5-16-13(3)22-26-14(16)4/h7-8H,5-6,9H2,1-4H3,(H,21,23). The number of aromatic nitrogens is 1. The van der Waals surface area contributed by atoms with Crippen LogP contribution in [-0.2, 0) is 20.7 Å². The average molecular weight is 387 g/mol. The third kappa shape index (κ3) is 5.59. The molecular weight excluding hydrogens is 366 g/mol. The number of carbonyl (C=O) groups is 2. The van der Waals surface area contributed by atoms with Crippen LogP contribution in [0.1, 0.15) is 34.6 Å². The highest BCUT2D eigenvalue weighted by atomic mass is 32.2. The molecule has 0 fully saturated rings. The lowest BCUT2D eigenvalue weighted by molar-refractivity contribution is -0.147. The number of thiocyanates is 1. The largest absolute Gasteiger partial charge is 0.456 e. The van der Waals surface area contributed by atoms with Crippen LogP contribution in [0, 0.1) is 38.4 Å². The third-order valence-electron chi connectivity index (χ3n) is 4.06. The summed E-state index contributed by atoms with van der Waals surface area (Å²) in [5.41, 5.74) is 3.98. The molecule has 0 atom stereocenters. The molecule has 1 N–H and O–H groups in total. The second kappa shape index (κ2) is 9.24. The van der Waals surface area contributed by atoms with Crippen molar-refractivity contribution in [1.82, 2.24) is 5.16 Å². The summed E-state index contributed by atoms with van der Waals surface area (Å²) < 4.78 is 10.1. The molecule has 8 heteroatoms. The first-order valence-corrected chi connectivity index (χ1v) is 9.18. The summed E-state index contributed by atoms with van der Waals surface area (Å²) in [4.78, 5) is 24.8. The maximum atomic E-state index is 12.1. The van der Waals surface area contributed by atoms with E-state index in [9.17, 15) is 9.59 Å². The van der Waals surface area contributed by atoms with Crippen molar-refractivity contribution in [3.8, 4) is 5.40 Å². The van der Waals surface area contributed by atoms with Gasteiger partial charge >= 0.3 is 5.97 Å². The summed E-state index contributed by atoms with van der Waals surface area (Å²) in [5, 5.41) is 17.4. The van der Waals surface area contributed by atoms with E-state index in [-0.39, 0.29) is 13.0 Å². The summed E-state index contributed by atoms with van der Waals surface area (Å²) in [6, 6.07) is 3.65. The molecule has 0 spiro atoms. The number of benzene rings is 1. The van der Waals surface area contributed by atoms with Crippen LogP contribution in [0.15, 0.2) is 21.6 Å². The Morgan fingerprint density at radius 1 is 1.26 bits per heavy atom. The average Bonchev–Trinajstić information content (AvgIpc) is 2.93. The van der Waals surface area contributed by atoms with E-state index in [0.29, 0.717) is 17.9 Å². The highest BCUT2D eigenvalue weighted by Gasteiger charge is 2.14. The van der Waals surface area contributed by atoms with Gasteiger partial charge in [-0.15, -0.1) is 0 Å².